The monoisotopic (exact) mass is 372 g/mol. The topological polar surface area (TPSA) is 49.4 Å². The van der Waals surface area contributed by atoms with Crippen molar-refractivity contribution in [2.45, 2.75) is 17.9 Å². The molecule has 1 aromatic carbocycles. The third kappa shape index (κ3) is 3.46. The van der Waals surface area contributed by atoms with Crippen molar-refractivity contribution in [1.82, 2.24) is 9.62 Å². The molecule has 0 aliphatic carbocycles. The number of halogens is 3. The highest BCUT2D eigenvalue weighted by Crippen LogP contribution is 2.25. The van der Waals surface area contributed by atoms with Gasteiger partial charge in [-0.25, -0.2) is 12.8 Å². The molecule has 2 rings (SSSR count). The van der Waals surface area contributed by atoms with Gasteiger partial charge in [0, 0.05) is 30.1 Å². The van der Waals surface area contributed by atoms with Crippen LogP contribution in [0, 0.1) is 5.82 Å². The smallest absolute Gasteiger partial charge is 0.246 e. The molecule has 0 radical (unpaired) electrons. The van der Waals surface area contributed by atoms with Crippen LogP contribution in [0.3, 0.4) is 0 Å². The summed E-state index contributed by atoms with van der Waals surface area (Å²) >= 11 is 3.17. The van der Waals surface area contributed by atoms with Gasteiger partial charge in [0.05, 0.1) is 0 Å². The minimum absolute atomic E-state index is 0. The van der Waals surface area contributed by atoms with Crippen molar-refractivity contribution in [3.8, 4) is 0 Å². The van der Waals surface area contributed by atoms with E-state index in [-0.39, 0.29) is 23.3 Å². The Morgan fingerprint density at radius 3 is 2.79 bits per heavy atom. The molecule has 0 saturated carbocycles. The summed E-state index contributed by atoms with van der Waals surface area (Å²) in [6.45, 7) is 3.32. The van der Waals surface area contributed by atoms with E-state index in [2.05, 4.69) is 21.2 Å². The Hall–Kier alpha value is -0.210. The van der Waals surface area contributed by atoms with E-state index in [4.69, 9.17) is 0 Å². The second kappa shape index (κ2) is 6.49. The molecular formula is C11H15BrClFN2O2S. The van der Waals surface area contributed by atoms with E-state index in [0.29, 0.717) is 24.1 Å². The van der Waals surface area contributed by atoms with Crippen molar-refractivity contribution < 1.29 is 12.8 Å². The van der Waals surface area contributed by atoms with Crippen LogP contribution in [0.2, 0.25) is 0 Å². The maximum atomic E-state index is 13.7. The summed E-state index contributed by atoms with van der Waals surface area (Å²) in [5, 5.41) is 3.10. The third-order valence-electron chi connectivity index (χ3n) is 2.92. The SMILES string of the molecule is CC1CNCCN1S(=O)(=O)c1cc(Br)ccc1F.Cl. The number of sulfonamides is 1. The van der Waals surface area contributed by atoms with E-state index in [1.165, 1.54) is 16.4 Å². The van der Waals surface area contributed by atoms with Crippen molar-refractivity contribution in [1.29, 1.82) is 0 Å². The first kappa shape index (κ1) is 16.8. The summed E-state index contributed by atoms with van der Waals surface area (Å²) in [7, 11) is -3.78. The lowest BCUT2D eigenvalue weighted by Gasteiger charge is -2.32. The summed E-state index contributed by atoms with van der Waals surface area (Å²) in [4.78, 5) is -0.273. The predicted molar refractivity (Wildman–Crippen MR) is 77.6 cm³/mol. The van der Waals surface area contributed by atoms with Gasteiger partial charge in [-0.2, -0.15) is 4.31 Å². The molecule has 1 aliphatic heterocycles. The molecule has 1 aliphatic rings. The minimum Gasteiger partial charge on any atom is -0.314 e. The normalized spacial score (nSPS) is 20.9. The van der Waals surface area contributed by atoms with Crippen molar-refractivity contribution in [3.63, 3.8) is 0 Å². The van der Waals surface area contributed by atoms with Crippen molar-refractivity contribution in [2.75, 3.05) is 19.6 Å². The molecule has 1 heterocycles. The first-order chi connectivity index (χ1) is 8.43. The molecule has 8 heteroatoms. The molecule has 108 valence electrons. The summed E-state index contributed by atoms with van der Waals surface area (Å²) in [5.41, 5.74) is 0. The van der Waals surface area contributed by atoms with Crippen LogP contribution >= 0.6 is 28.3 Å². The quantitative estimate of drug-likeness (QED) is 0.862. The van der Waals surface area contributed by atoms with Crippen LogP contribution in [0.4, 0.5) is 4.39 Å². The van der Waals surface area contributed by atoms with E-state index in [1.807, 2.05) is 0 Å². The van der Waals surface area contributed by atoms with Gasteiger partial charge in [-0.1, -0.05) is 15.9 Å². The Kier molecular flexibility index (Phi) is 5.76. The zero-order valence-electron chi connectivity index (χ0n) is 10.3. The van der Waals surface area contributed by atoms with Crippen molar-refractivity contribution in [2.24, 2.45) is 0 Å². The van der Waals surface area contributed by atoms with Crippen LogP contribution in [0.15, 0.2) is 27.6 Å². The molecule has 0 bridgehead atoms. The molecule has 1 atom stereocenters. The Morgan fingerprint density at radius 2 is 2.16 bits per heavy atom. The van der Waals surface area contributed by atoms with Crippen LogP contribution in [-0.2, 0) is 10.0 Å². The maximum Gasteiger partial charge on any atom is 0.246 e. The summed E-state index contributed by atoms with van der Waals surface area (Å²) < 4.78 is 40.4. The van der Waals surface area contributed by atoms with Crippen LogP contribution in [0.25, 0.3) is 0 Å². The summed E-state index contributed by atoms with van der Waals surface area (Å²) in [6.07, 6.45) is 0. The number of piperazine rings is 1. The zero-order chi connectivity index (χ0) is 13.3. The van der Waals surface area contributed by atoms with Crippen LogP contribution in [0.1, 0.15) is 6.92 Å². The highest BCUT2D eigenvalue weighted by atomic mass is 79.9. The summed E-state index contributed by atoms with van der Waals surface area (Å²) in [6, 6.07) is 3.76. The molecule has 19 heavy (non-hydrogen) atoms. The van der Waals surface area contributed by atoms with E-state index in [0.717, 1.165) is 6.07 Å². The standard InChI is InChI=1S/C11H14BrFN2O2S.ClH/c1-8-7-14-4-5-15(8)18(16,17)11-6-9(12)2-3-10(11)13;/h2-3,6,8,14H,4-5,7H2,1H3;1H. The largest absolute Gasteiger partial charge is 0.314 e. The van der Waals surface area contributed by atoms with E-state index in [9.17, 15) is 12.8 Å². The van der Waals surface area contributed by atoms with E-state index < -0.39 is 15.8 Å². The fourth-order valence-electron chi connectivity index (χ4n) is 1.98. The first-order valence-electron chi connectivity index (χ1n) is 5.60. The summed E-state index contributed by atoms with van der Waals surface area (Å²) in [5.74, 6) is -0.719. The van der Waals surface area contributed by atoms with Crippen molar-refractivity contribution in [3.05, 3.63) is 28.5 Å². The molecule has 0 amide bonds. The third-order valence-corrected chi connectivity index (χ3v) is 5.44. The lowest BCUT2D eigenvalue weighted by Crippen LogP contribution is -2.52. The fraction of sp³-hybridized carbons (Fsp3) is 0.455. The number of hydrogen-bond acceptors (Lipinski definition) is 3. The van der Waals surface area contributed by atoms with Gasteiger partial charge in [-0.3, -0.25) is 0 Å². The van der Waals surface area contributed by atoms with Gasteiger partial charge < -0.3 is 5.32 Å². The molecular weight excluding hydrogens is 359 g/mol. The van der Waals surface area contributed by atoms with Gasteiger partial charge in [-0.05, 0) is 25.1 Å². The van der Waals surface area contributed by atoms with E-state index in [1.54, 1.807) is 6.92 Å². The number of rotatable bonds is 2. The number of hydrogen-bond donors (Lipinski definition) is 1. The molecule has 4 nitrogen and oxygen atoms in total. The van der Waals surface area contributed by atoms with Crippen LogP contribution in [-0.4, -0.2) is 38.4 Å². The lowest BCUT2D eigenvalue weighted by molar-refractivity contribution is 0.283. The molecule has 1 saturated heterocycles. The molecule has 1 unspecified atom stereocenters. The molecule has 1 N–H and O–H groups in total. The highest BCUT2D eigenvalue weighted by molar-refractivity contribution is 9.10. The first-order valence-corrected chi connectivity index (χ1v) is 7.84. The minimum atomic E-state index is -3.78. The Morgan fingerprint density at radius 1 is 1.47 bits per heavy atom. The van der Waals surface area contributed by atoms with Crippen molar-refractivity contribution >= 4 is 38.4 Å². The van der Waals surface area contributed by atoms with Gasteiger partial charge in [0.1, 0.15) is 10.7 Å². The predicted octanol–water partition coefficient (Wildman–Crippen LogP) is 1.99. The van der Waals surface area contributed by atoms with Gasteiger partial charge in [0.2, 0.25) is 10.0 Å². The Bertz CT molecular complexity index is 556. The highest BCUT2D eigenvalue weighted by Gasteiger charge is 2.32. The van der Waals surface area contributed by atoms with E-state index >= 15 is 0 Å². The molecule has 1 fully saturated rings. The van der Waals surface area contributed by atoms with Gasteiger partial charge in [0.25, 0.3) is 0 Å². The average molecular weight is 374 g/mol. The second-order valence-corrected chi connectivity index (χ2v) is 7.02. The van der Waals surface area contributed by atoms with Gasteiger partial charge >= 0.3 is 0 Å². The molecule has 1 aromatic rings. The van der Waals surface area contributed by atoms with Crippen LogP contribution < -0.4 is 5.32 Å². The molecule has 0 aromatic heterocycles. The Balaban J connectivity index is 0.00000180. The van der Waals surface area contributed by atoms with Crippen LogP contribution in [0.5, 0.6) is 0 Å². The molecule has 0 spiro atoms. The maximum absolute atomic E-state index is 13.7. The lowest BCUT2D eigenvalue weighted by atomic mass is 10.3. The number of nitrogens with one attached hydrogen (secondary N) is 1. The average Bonchev–Trinajstić information content (AvgIpc) is 2.32. The van der Waals surface area contributed by atoms with Gasteiger partial charge in [-0.15, -0.1) is 12.4 Å². The Labute approximate surface area is 127 Å². The zero-order valence-corrected chi connectivity index (χ0v) is 13.5. The number of benzene rings is 1. The fourth-order valence-corrected chi connectivity index (χ4v) is 4.22. The van der Waals surface area contributed by atoms with Gasteiger partial charge in [0.15, 0.2) is 0 Å². The number of nitrogens with zero attached hydrogens (tertiary/aromatic N) is 1. The second-order valence-electron chi connectivity index (χ2n) is 4.24.